The Kier molecular flexibility index (Phi) is 9.47. The summed E-state index contributed by atoms with van der Waals surface area (Å²) < 4.78 is 24.0. The van der Waals surface area contributed by atoms with Gasteiger partial charge in [0.2, 0.25) is 5.91 Å². The van der Waals surface area contributed by atoms with E-state index in [2.05, 4.69) is 89.1 Å². The molecule has 4 heterocycles. The number of hydrogen-bond acceptors (Lipinski definition) is 7. The summed E-state index contributed by atoms with van der Waals surface area (Å²) in [6.07, 6.45) is 4.44. The maximum Gasteiger partial charge on any atom is 0.351 e. The number of benzene rings is 2. The van der Waals surface area contributed by atoms with Crippen LogP contribution in [0.4, 0.5) is 5.82 Å². The van der Waals surface area contributed by atoms with Gasteiger partial charge >= 0.3 is 5.69 Å². The molecule has 1 aromatic heterocycles. The standard InChI is InChI=1S/C33H43N4O5PSi/c1-5-27-28(21-31(40-27)36-20-18-30(35-33(36)39)34-32(38)23(2)3)41-43-37-19-12-17-26(37)29(42-43)22-44(4,24-13-8-6-9-14-24)25-15-10-7-11-16-25/h6-11,13-16,18,20,23,26-29,31H,5,12,17,19,21-22H2,1-4H3,(H,34,35,38,39)/t26-,27+,28+,29+,31+,43+/m0/s1. The molecule has 0 unspecified atom stereocenters. The zero-order valence-electron chi connectivity index (χ0n) is 26.0. The van der Waals surface area contributed by atoms with Crippen molar-refractivity contribution in [1.29, 1.82) is 0 Å². The minimum Gasteiger partial charge on any atom is -0.352 e. The third-order valence-electron chi connectivity index (χ3n) is 9.29. The van der Waals surface area contributed by atoms with Gasteiger partial charge in [-0.1, -0.05) is 98.4 Å². The largest absolute Gasteiger partial charge is 0.352 e. The van der Waals surface area contributed by atoms with Crippen molar-refractivity contribution in [2.24, 2.45) is 5.92 Å². The normalized spacial score (nSPS) is 27.1. The van der Waals surface area contributed by atoms with Crippen molar-refractivity contribution in [3.8, 4) is 0 Å². The lowest BCUT2D eigenvalue weighted by molar-refractivity contribution is -0.118. The van der Waals surface area contributed by atoms with E-state index in [1.807, 2.05) is 0 Å². The first kappa shape index (κ1) is 31.3. The summed E-state index contributed by atoms with van der Waals surface area (Å²) in [6, 6.07) is 24.9. The number of fused-ring (bicyclic) bond motifs is 1. The number of amides is 1. The van der Waals surface area contributed by atoms with E-state index in [-0.39, 0.29) is 36.0 Å². The monoisotopic (exact) mass is 634 g/mol. The Morgan fingerprint density at radius 1 is 1.09 bits per heavy atom. The van der Waals surface area contributed by atoms with Crippen LogP contribution in [-0.4, -0.2) is 59.1 Å². The van der Waals surface area contributed by atoms with Crippen LogP contribution in [0.15, 0.2) is 77.7 Å². The Bertz CT molecular complexity index is 1450. The SMILES string of the molecule is CC[C@H]1O[C@@H](n2ccc(NC(=O)C(C)C)nc2=O)C[C@H]1O[P@]1O[C@H](C[Si](C)(c2ccccc2)c2ccccc2)[C@@H]2CCCN21. The molecule has 234 valence electrons. The topological polar surface area (TPSA) is 94.9 Å². The van der Waals surface area contributed by atoms with Crippen molar-refractivity contribution in [1.82, 2.24) is 14.2 Å². The van der Waals surface area contributed by atoms with Gasteiger partial charge < -0.3 is 19.1 Å². The van der Waals surface area contributed by atoms with Crippen LogP contribution in [0.1, 0.15) is 52.7 Å². The second-order valence-electron chi connectivity index (χ2n) is 12.6. The molecule has 3 fully saturated rings. The average molecular weight is 635 g/mol. The highest BCUT2D eigenvalue weighted by molar-refractivity contribution is 7.45. The fourth-order valence-electron chi connectivity index (χ4n) is 6.71. The van der Waals surface area contributed by atoms with Crippen LogP contribution >= 0.6 is 8.53 Å². The van der Waals surface area contributed by atoms with Gasteiger partial charge in [0.05, 0.1) is 18.3 Å². The third kappa shape index (κ3) is 6.34. The lowest BCUT2D eigenvalue weighted by Gasteiger charge is -2.32. The van der Waals surface area contributed by atoms with Crippen LogP contribution in [0.25, 0.3) is 0 Å². The number of rotatable bonds is 10. The molecule has 0 saturated carbocycles. The van der Waals surface area contributed by atoms with E-state index in [0.717, 1.165) is 31.9 Å². The molecule has 3 aromatic rings. The van der Waals surface area contributed by atoms with Crippen LogP contribution in [0.5, 0.6) is 0 Å². The smallest absolute Gasteiger partial charge is 0.351 e. The molecule has 1 N–H and O–H groups in total. The van der Waals surface area contributed by atoms with E-state index in [9.17, 15) is 9.59 Å². The molecule has 3 aliphatic rings. The Labute approximate surface area is 261 Å². The number of nitrogens with zero attached hydrogens (tertiary/aromatic N) is 3. The summed E-state index contributed by atoms with van der Waals surface area (Å²) in [6.45, 7) is 9.11. The molecule has 11 heteroatoms. The van der Waals surface area contributed by atoms with Gasteiger partial charge in [0, 0.05) is 31.1 Å². The van der Waals surface area contributed by atoms with Crippen molar-refractivity contribution in [3.05, 3.63) is 83.4 Å². The van der Waals surface area contributed by atoms with Gasteiger partial charge in [-0.05, 0) is 31.4 Å². The highest BCUT2D eigenvalue weighted by atomic mass is 31.2. The number of carbonyl (C=O) groups is 1. The first-order valence-electron chi connectivity index (χ1n) is 15.8. The zero-order valence-corrected chi connectivity index (χ0v) is 27.9. The Hall–Kier alpha value is -2.72. The molecule has 6 rings (SSSR count). The molecule has 3 aliphatic heterocycles. The van der Waals surface area contributed by atoms with E-state index in [1.54, 1.807) is 26.1 Å². The number of carbonyl (C=O) groups excluding carboxylic acids is 1. The molecule has 0 aliphatic carbocycles. The Morgan fingerprint density at radius 2 is 1.77 bits per heavy atom. The summed E-state index contributed by atoms with van der Waals surface area (Å²) in [4.78, 5) is 29.1. The quantitative estimate of drug-likeness (QED) is 0.250. The summed E-state index contributed by atoms with van der Waals surface area (Å²) >= 11 is 0. The van der Waals surface area contributed by atoms with Crippen molar-refractivity contribution in [3.63, 3.8) is 0 Å². The molecule has 44 heavy (non-hydrogen) atoms. The van der Waals surface area contributed by atoms with Gasteiger partial charge in [-0.2, -0.15) is 4.98 Å². The third-order valence-corrected chi connectivity index (χ3v) is 15.5. The number of anilines is 1. The molecule has 0 radical (unpaired) electrons. The number of aromatic nitrogens is 2. The predicted octanol–water partition coefficient (Wildman–Crippen LogP) is 4.90. The minimum atomic E-state index is -2.10. The second kappa shape index (κ2) is 13.3. The summed E-state index contributed by atoms with van der Waals surface area (Å²) in [5, 5.41) is 5.53. The molecule has 2 aromatic carbocycles. The van der Waals surface area contributed by atoms with Gasteiger partial charge in [-0.15, -0.1) is 0 Å². The van der Waals surface area contributed by atoms with Gasteiger partial charge in [0.15, 0.2) is 0 Å². The molecular formula is C33H43N4O5PSi. The molecule has 0 bridgehead atoms. The second-order valence-corrected chi connectivity index (χ2v) is 18.2. The Balaban J connectivity index is 1.18. The van der Waals surface area contributed by atoms with E-state index < -0.39 is 28.5 Å². The van der Waals surface area contributed by atoms with E-state index in [0.29, 0.717) is 12.5 Å². The summed E-state index contributed by atoms with van der Waals surface area (Å²) in [7, 11) is -3.35. The van der Waals surface area contributed by atoms with Crippen LogP contribution in [0.3, 0.4) is 0 Å². The maximum atomic E-state index is 12.9. The van der Waals surface area contributed by atoms with Crippen molar-refractivity contribution < 1.29 is 18.6 Å². The maximum absolute atomic E-state index is 12.9. The van der Waals surface area contributed by atoms with Gasteiger partial charge in [-0.3, -0.25) is 9.36 Å². The fourth-order valence-corrected chi connectivity index (χ4v) is 12.7. The van der Waals surface area contributed by atoms with Crippen LogP contribution < -0.4 is 21.4 Å². The van der Waals surface area contributed by atoms with Gasteiger partial charge in [0.1, 0.15) is 20.1 Å². The number of nitrogens with one attached hydrogen (secondary N) is 1. The van der Waals surface area contributed by atoms with Crippen LogP contribution in [0.2, 0.25) is 12.6 Å². The fraction of sp³-hybridized carbons (Fsp3) is 0.485. The predicted molar refractivity (Wildman–Crippen MR) is 176 cm³/mol. The van der Waals surface area contributed by atoms with Crippen LogP contribution in [0, 0.1) is 5.92 Å². The molecule has 6 atom stereocenters. The highest BCUT2D eigenvalue weighted by Crippen LogP contribution is 2.58. The molecule has 9 nitrogen and oxygen atoms in total. The Morgan fingerprint density at radius 3 is 2.39 bits per heavy atom. The molecule has 0 spiro atoms. The summed E-state index contributed by atoms with van der Waals surface area (Å²) in [5.41, 5.74) is -0.458. The number of ether oxygens (including phenoxy) is 1. The lowest BCUT2D eigenvalue weighted by Crippen LogP contribution is -2.58. The minimum absolute atomic E-state index is 0.0966. The molecule has 1 amide bonds. The van der Waals surface area contributed by atoms with Crippen LogP contribution in [-0.2, 0) is 18.6 Å². The van der Waals surface area contributed by atoms with Crippen molar-refractivity contribution >= 4 is 38.7 Å². The summed E-state index contributed by atoms with van der Waals surface area (Å²) in [5.74, 6) is -0.139. The average Bonchev–Trinajstić information content (AvgIpc) is 3.75. The van der Waals surface area contributed by atoms with Gasteiger partial charge in [0.25, 0.3) is 8.53 Å². The molecule has 3 saturated heterocycles. The van der Waals surface area contributed by atoms with E-state index >= 15 is 0 Å². The van der Waals surface area contributed by atoms with Crippen molar-refractivity contribution in [2.75, 3.05) is 11.9 Å². The lowest BCUT2D eigenvalue weighted by atomic mass is 10.1. The first-order chi connectivity index (χ1) is 21.3. The highest BCUT2D eigenvalue weighted by Gasteiger charge is 2.51. The van der Waals surface area contributed by atoms with E-state index in [1.165, 1.54) is 14.9 Å². The van der Waals surface area contributed by atoms with Gasteiger partial charge in [-0.25, -0.2) is 9.46 Å². The first-order valence-corrected chi connectivity index (χ1v) is 19.7. The molecular weight excluding hydrogens is 591 g/mol. The zero-order chi connectivity index (χ0) is 30.8. The van der Waals surface area contributed by atoms with Crippen molar-refractivity contribution in [2.45, 2.75) is 89.6 Å². The van der Waals surface area contributed by atoms with E-state index in [4.69, 9.17) is 13.8 Å². The number of hydrogen-bond donors (Lipinski definition) is 1.